The molecule has 0 fully saturated rings. The topological polar surface area (TPSA) is 54.7 Å². The van der Waals surface area contributed by atoms with Crippen molar-refractivity contribution < 1.29 is 4.39 Å². The Kier molecular flexibility index (Phi) is 2.08. The first-order chi connectivity index (χ1) is 8.24. The quantitative estimate of drug-likeness (QED) is 0.671. The highest BCUT2D eigenvalue weighted by Crippen LogP contribution is 2.27. The van der Waals surface area contributed by atoms with E-state index in [9.17, 15) is 4.39 Å². The van der Waals surface area contributed by atoms with E-state index in [4.69, 9.17) is 5.73 Å². The van der Waals surface area contributed by atoms with Gasteiger partial charge in [0.25, 0.3) is 0 Å². The summed E-state index contributed by atoms with van der Waals surface area (Å²) in [5, 5.41) is 0.822. The molecule has 1 aromatic carbocycles. The zero-order valence-electron chi connectivity index (χ0n) is 8.94. The van der Waals surface area contributed by atoms with Crippen molar-refractivity contribution in [2.24, 2.45) is 0 Å². The van der Waals surface area contributed by atoms with Crippen LogP contribution in [0.3, 0.4) is 0 Å². The van der Waals surface area contributed by atoms with Crippen molar-refractivity contribution in [3.05, 3.63) is 48.5 Å². The van der Waals surface area contributed by atoms with Gasteiger partial charge < -0.3 is 10.7 Å². The van der Waals surface area contributed by atoms with Crippen LogP contribution < -0.4 is 5.73 Å². The van der Waals surface area contributed by atoms with Gasteiger partial charge in [-0.25, -0.2) is 4.39 Å². The molecule has 84 valence electrons. The van der Waals surface area contributed by atoms with Gasteiger partial charge in [-0.2, -0.15) is 0 Å². The number of rotatable bonds is 1. The first kappa shape index (κ1) is 9.84. The van der Waals surface area contributed by atoms with Crippen molar-refractivity contribution in [3.8, 4) is 11.3 Å². The molecule has 2 heterocycles. The normalized spacial score (nSPS) is 10.9. The summed E-state index contributed by atoms with van der Waals surface area (Å²) in [5.41, 5.74) is 8.73. The number of nitrogens with zero attached hydrogens (tertiary/aromatic N) is 1. The van der Waals surface area contributed by atoms with Gasteiger partial charge in [-0.05, 0) is 30.3 Å². The monoisotopic (exact) mass is 227 g/mol. The second-order valence-corrected chi connectivity index (χ2v) is 3.87. The highest BCUT2D eigenvalue weighted by molar-refractivity contribution is 5.94. The lowest BCUT2D eigenvalue weighted by Gasteiger charge is -1.99. The molecule has 0 unspecified atom stereocenters. The number of fused-ring (bicyclic) bond motifs is 1. The number of nitrogen functional groups attached to an aromatic ring is 1. The lowest BCUT2D eigenvalue weighted by Crippen LogP contribution is -1.87. The third kappa shape index (κ3) is 1.63. The Morgan fingerprint density at radius 3 is 2.82 bits per heavy atom. The van der Waals surface area contributed by atoms with Gasteiger partial charge in [0.15, 0.2) is 0 Å². The van der Waals surface area contributed by atoms with Crippen LogP contribution in [0.25, 0.3) is 22.2 Å². The van der Waals surface area contributed by atoms with Crippen LogP contribution in [-0.2, 0) is 0 Å². The third-order valence-electron chi connectivity index (χ3n) is 2.71. The molecule has 0 radical (unpaired) electrons. The summed E-state index contributed by atoms with van der Waals surface area (Å²) in [7, 11) is 0. The SMILES string of the molecule is Nc1ccc(-c2c[nH]c3ccc(F)cc23)nc1. The van der Waals surface area contributed by atoms with Crippen molar-refractivity contribution in [1.82, 2.24) is 9.97 Å². The lowest BCUT2D eigenvalue weighted by molar-refractivity contribution is 0.630. The summed E-state index contributed by atoms with van der Waals surface area (Å²) in [4.78, 5) is 7.32. The van der Waals surface area contributed by atoms with E-state index in [0.29, 0.717) is 5.69 Å². The molecule has 0 spiro atoms. The molecule has 0 aliphatic carbocycles. The minimum atomic E-state index is -0.256. The van der Waals surface area contributed by atoms with E-state index >= 15 is 0 Å². The summed E-state index contributed by atoms with van der Waals surface area (Å²) < 4.78 is 13.2. The Morgan fingerprint density at radius 2 is 2.06 bits per heavy atom. The van der Waals surface area contributed by atoms with Crippen LogP contribution >= 0.6 is 0 Å². The molecular weight excluding hydrogens is 217 g/mol. The number of H-pyrrole nitrogens is 1. The van der Waals surface area contributed by atoms with E-state index in [1.807, 2.05) is 12.3 Å². The Bertz CT molecular complexity index is 671. The van der Waals surface area contributed by atoms with E-state index in [2.05, 4.69) is 9.97 Å². The number of pyridine rings is 1. The fourth-order valence-corrected chi connectivity index (χ4v) is 1.87. The molecule has 17 heavy (non-hydrogen) atoms. The Hall–Kier alpha value is -2.36. The number of benzene rings is 1. The third-order valence-corrected chi connectivity index (χ3v) is 2.71. The van der Waals surface area contributed by atoms with Crippen LogP contribution in [-0.4, -0.2) is 9.97 Å². The van der Waals surface area contributed by atoms with Crippen molar-refractivity contribution in [2.45, 2.75) is 0 Å². The summed E-state index contributed by atoms with van der Waals surface area (Å²) >= 11 is 0. The number of aromatic amines is 1. The van der Waals surface area contributed by atoms with Gasteiger partial charge in [0.05, 0.1) is 17.6 Å². The maximum atomic E-state index is 13.2. The summed E-state index contributed by atoms with van der Waals surface area (Å²) in [6.45, 7) is 0. The van der Waals surface area contributed by atoms with Gasteiger partial charge in [0.1, 0.15) is 5.82 Å². The van der Waals surface area contributed by atoms with Crippen molar-refractivity contribution in [1.29, 1.82) is 0 Å². The Balaban J connectivity index is 2.23. The molecular formula is C13H10FN3. The molecule has 4 heteroatoms. The Labute approximate surface area is 97.1 Å². The zero-order chi connectivity index (χ0) is 11.8. The minimum Gasteiger partial charge on any atom is -0.397 e. The van der Waals surface area contributed by atoms with E-state index in [0.717, 1.165) is 22.2 Å². The van der Waals surface area contributed by atoms with Crippen molar-refractivity contribution >= 4 is 16.6 Å². The lowest BCUT2D eigenvalue weighted by atomic mass is 10.1. The average molecular weight is 227 g/mol. The summed E-state index contributed by atoms with van der Waals surface area (Å²) in [6.07, 6.45) is 3.41. The predicted molar refractivity (Wildman–Crippen MR) is 65.9 cm³/mol. The average Bonchev–Trinajstić information content (AvgIpc) is 2.73. The molecule has 0 bridgehead atoms. The fraction of sp³-hybridized carbons (Fsp3) is 0. The van der Waals surface area contributed by atoms with E-state index < -0.39 is 0 Å². The van der Waals surface area contributed by atoms with E-state index in [1.165, 1.54) is 12.1 Å². The van der Waals surface area contributed by atoms with Gasteiger partial charge in [0, 0.05) is 22.7 Å². The maximum absolute atomic E-state index is 13.2. The van der Waals surface area contributed by atoms with Crippen LogP contribution in [0.5, 0.6) is 0 Å². The van der Waals surface area contributed by atoms with Crippen LogP contribution in [0, 0.1) is 5.82 Å². The number of nitrogens with two attached hydrogens (primary N) is 1. The number of nitrogens with one attached hydrogen (secondary N) is 1. The number of hydrogen-bond donors (Lipinski definition) is 2. The number of aromatic nitrogens is 2. The smallest absolute Gasteiger partial charge is 0.123 e. The van der Waals surface area contributed by atoms with Gasteiger partial charge in [-0.15, -0.1) is 0 Å². The molecule has 3 nitrogen and oxygen atoms in total. The number of anilines is 1. The molecule has 0 saturated carbocycles. The summed E-state index contributed by atoms with van der Waals surface area (Å²) in [5.74, 6) is -0.256. The molecule has 0 amide bonds. The Morgan fingerprint density at radius 1 is 1.18 bits per heavy atom. The second-order valence-electron chi connectivity index (χ2n) is 3.87. The second kappa shape index (κ2) is 3.59. The number of halogens is 1. The standard InChI is InChI=1S/C13H10FN3/c14-8-1-3-12-10(5-8)11(7-17-12)13-4-2-9(15)6-16-13/h1-7,17H,15H2. The van der Waals surface area contributed by atoms with Crippen molar-refractivity contribution in [2.75, 3.05) is 5.73 Å². The molecule has 0 atom stereocenters. The highest BCUT2D eigenvalue weighted by atomic mass is 19.1. The van der Waals surface area contributed by atoms with Gasteiger partial charge in [0.2, 0.25) is 0 Å². The van der Waals surface area contributed by atoms with E-state index in [-0.39, 0.29) is 5.82 Å². The minimum absolute atomic E-state index is 0.256. The van der Waals surface area contributed by atoms with Gasteiger partial charge >= 0.3 is 0 Å². The van der Waals surface area contributed by atoms with Crippen LogP contribution in [0.1, 0.15) is 0 Å². The van der Waals surface area contributed by atoms with Crippen LogP contribution in [0.15, 0.2) is 42.7 Å². The zero-order valence-corrected chi connectivity index (χ0v) is 8.94. The van der Waals surface area contributed by atoms with Crippen LogP contribution in [0.2, 0.25) is 0 Å². The predicted octanol–water partition coefficient (Wildman–Crippen LogP) is 2.95. The molecule has 3 N–H and O–H groups in total. The summed E-state index contributed by atoms with van der Waals surface area (Å²) in [6, 6.07) is 8.24. The first-order valence-electron chi connectivity index (χ1n) is 5.22. The molecule has 0 aliphatic rings. The molecule has 3 rings (SSSR count). The largest absolute Gasteiger partial charge is 0.397 e. The molecule has 2 aromatic heterocycles. The van der Waals surface area contributed by atoms with Crippen molar-refractivity contribution in [3.63, 3.8) is 0 Å². The van der Waals surface area contributed by atoms with E-state index in [1.54, 1.807) is 18.3 Å². The van der Waals surface area contributed by atoms with Crippen LogP contribution in [0.4, 0.5) is 10.1 Å². The highest BCUT2D eigenvalue weighted by Gasteiger charge is 2.07. The van der Waals surface area contributed by atoms with Gasteiger partial charge in [-0.1, -0.05) is 0 Å². The van der Waals surface area contributed by atoms with Gasteiger partial charge in [-0.3, -0.25) is 4.98 Å². The molecule has 3 aromatic rings. The maximum Gasteiger partial charge on any atom is 0.123 e. The molecule has 0 aliphatic heterocycles. The first-order valence-corrected chi connectivity index (χ1v) is 5.22. The fourth-order valence-electron chi connectivity index (χ4n) is 1.87. The number of hydrogen-bond acceptors (Lipinski definition) is 2. The molecule has 0 saturated heterocycles.